The van der Waals surface area contributed by atoms with Gasteiger partial charge in [0.05, 0.1) is 12.1 Å². The van der Waals surface area contributed by atoms with E-state index in [1.54, 1.807) is 6.92 Å². The SMILES string of the molecule is CCCCCCCCCCOC(CC)C(C)NC(C)=O. The first-order valence-corrected chi connectivity index (χ1v) is 8.50. The predicted molar refractivity (Wildman–Crippen MR) is 85.9 cm³/mol. The highest BCUT2D eigenvalue weighted by Gasteiger charge is 2.16. The van der Waals surface area contributed by atoms with Crippen molar-refractivity contribution in [2.45, 2.75) is 97.6 Å². The van der Waals surface area contributed by atoms with Gasteiger partial charge < -0.3 is 10.1 Å². The van der Waals surface area contributed by atoms with Gasteiger partial charge in [-0.1, -0.05) is 58.8 Å². The van der Waals surface area contributed by atoms with Crippen LogP contribution in [-0.2, 0) is 9.53 Å². The molecule has 0 bridgehead atoms. The second-order valence-corrected chi connectivity index (χ2v) is 5.78. The van der Waals surface area contributed by atoms with Crippen LogP contribution < -0.4 is 5.32 Å². The Kier molecular flexibility index (Phi) is 13.0. The molecule has 0 radical (unpaired) electrons. The van der Waals surface area contributed by atoms with Crippen molar-refractivity contribution in [2.24, 2.45) is 0 Å². The van der Waals surface area contributed by atoms with Crippen molar-refractivity contribution in [1.29, 1.82) is 0 Å². The first-order chi connectivity index (χ1) is 9.61. The molecule has 0 spiro atoms. The first kappa shape index (κ1) is 19.4. The second kappa shape index (κ2) is 13.4. The number of carbonyl (C=O) groups is 1. The molecule has 0 aliphatic heterocycles. The third-order valence-electron chi connectivity index (χ3n) is 3.72. The van der Waals surface area contributed by atoms with E-state index in [1.165, 1.54) is 44.9 Å². The summed E-state index contributed by atoms with van der Waals surface area (Å²) >= 11 is 0. The van der Waals surface area contributed by atoms with Gasteiger partial charge in [0.15, 0.2) is 0 Å². The van der Waals surface area contributed by atoms with Crippen molar-refractivity contribution in [3.8, 4) is 0 Å². The van der Waals surface area contributed by atoms with E-state index in [1.807, 2.05) is 6.92 Å². The Bertz CT molecular complexity index is 231. The average molecular weight is 285 g/mol. The predicted octanol–water partition coefficient (Wildman–Crippen LogP) is 4.45. The van der Waals surface area contributed by atoms with Crippen LogP contribution in [0.5, 0.6) is 0 Å². The van der Waals surface area contributed by atoms with Crippen LogP contribution in [-0.4, -0.2) is 24.7 Å². The zero-order valence-corrected chi connectivity index (χ0v) is 14.0. The number of ether oxygens (including phenoxy) is 1. The molecule has 3 nitrogen and oxygen atoms in total. The van der Waals surface area contributed by atoms with Crippen molar-refractivity contribution >= 4 is 5.91 Å². The van der Waals surface area contributed by atoms with Gasteiger partial charge in [-0.2, -0.15) is 0 Å². The molecule has 1 N–H and O–H groups in total. The van der Waals surface area contributed by atoms with E-state index in [9.17, 15) is 4.79 Å². The lowest BCUT2D eigenvalue weighted by Gasteiger charge is -2.23. The summed E-state index contributed by atoms with van der Waals surface area (Å²) in [5, 5.41) is 2.91. The van der Waals surface area contributed by atoms with Crippen LogP contribution in [0.15, 0.2) is 0 Å². The molecule has 0 heterocycles. The van der Waals surface area contributed by atoms with Crippen molar-refractivity contribution in [3.05, 3.63) is 0 Å². The Balaban J connectivity index is 3.49. The first-order valence-electron chi connectivity index (χ1n) is 8.50. The Hall–Kier alpha value is -0.570. The maximum atomic E-state index is 11.0. The molecule has 20 heavy (non-hydrogen) atoms. The molecule has 120 valence electrons. The molecule has 0 aliphatic carbocycles. The van der Waals surface area contributed by atoms with Crippen molar-refractivity contribution in [2.75, 3.05) is 6.61 Å². The molecule has 0 fully saturated rings. The fourth-order valence-corrected chi connectivity index (χ4v) is 2.50. The Morgan fingerprint density at radius 3 is 2.05 bits per heavy atom. The topological polar surface area (TPSA) is 38.3 Å². The average Bonchev–Trinajstić information content (AvgIpc) is 2.40. The lowest BCUT2D eigenvalue weighted by Crippen LogP contribution is -2.41. The van der Waals surface area contributed by atoms with Crippen molar-refractivity contribution < 1.29 is 9.53 Å². The number of carbonyl (C=O) groups excluding carboxylic acids is 1. The van der Waals surface area contributed by atoms with E-state index < -0.39 is 0 Å². The largest absolute Gasteiger partial charge is 0.376 e. The minimum Gasteiger partial charge on any atom is -0.376 e. The smallest absolute Gasteiger partial charge is 0.217 e. The van der Waals surface area contributed by atoms with Crippen LogP contribution in [0.1, 0.15) is 85.5 Å². The van der Waals surface area contributed by atoms with Crippen LogP contribution in [0.25, 0.3) is 0 Å². The number of nitrogens with one attached hydrogen (secondary N) is 1. The standard InChI is InChI=1S/C17H35NO2/c1-5-7-8-9-10-11-12-13-14-20-17(6-2)15(3)18-16(4)19/h15,17H,5-14H2,1-4H3,(H,18,19). The summed E-state index contributed by atoms with van der Waals surface area (Å²) in [6.45, 7) is 8.75. The summed E-state index contributed by atoms with van der Waals surface area (Å²) in [5.74, 6) is 0.0200. The molecule has 0 aromatic carbocycles. The van der Waals surface area contributed by atoms with E-state index in [0.29, 0.717) is 0 Å². The van der Waals surface area contributed by atoms with Gasteiger partial charge in [-0.05, 0) is 19.8 Å². The van der Waals surface area contributed by atoms with Crippen LogP contribution in [0.2, 0.25) is 0 Å². The summed E-state index contributed by atoms with van der Waals surface area (Å²) in [6.07, 6.45) is 11.6. The molecular weight excluding hydrogens is 250 g/mol. The van der Waals surface area contributed by atoms with Gasteiger partial charge in [0, 0.05) is 13.5 Å². The maximum absolute atomic E-state index is 11.0. The zero-order valence-electron chi connectivity index (χ0n) is 14.0. The number of hydrogen-bond donors (Lipinski definition) is 1. The summed E-state index contributed by atoms with van der Waals surface area (Å²) in [6, 6.07) is 0.103. The number of hydrogen-bond acceptors (Lipinski definition) is 2. The number of rotatable bonds is 13. The molecule has 0 saturated carbocycles. The van der Waals surface area contributed by atoms with E-state index in [-0.39, 0.29) is 18.1 Å². The van der Waals surface area contributed by atoms with Gasteiger partial charge in [-0.15, -0.1) is 0 Å². The molecule has 2 unspecified atom stereocenters. The molecule has 0 saturated heterocycles. The fraction of sp³-hybridized carbons (Fsp3) is 0.941. The highest BCUT2D eigenvalue weighted by molar-refractivity contribution is 5.73. The molecular formula is C17H35NO2. The molecule has 0 aromatic rings. The Morgan fingerprint density at radius 1 is 1.00 bits per heavy atom. The van der Waals surface area contributed by atoms with E-state index >= 15 is 0 Å². The van der Waals surface area contributed by atoms with E-state index in [4.69, 9.17) is 4.74 Å². The Morgan fingerprint density at radius 2 is 1.55 bits per heavy atom. The number of amides is 1. The number of unbranched alkanes of at least 4 members (excludes halogenated alkanes) is 7. The Labute approximate surface area is 125 Å². The second-order valence-electron chi connectivity index (χ2n) is 5.78. The molecule has 0 rings (SSSR count). The van der Waals surface area contributed by atoms with Crippen molar-refractivity contribution in [3.63, 3.8) is 0 Å². The van der Waals surface area contributed by atoms with Crippen LogP contribution >= 0.6 is 0 Å². The molecule has 3 heteroatoms. The van der Waals surface area contributed by atoms with Gasteiger partial charge in [0.2, 0.25) is 5.91 Å². The normalized spacial score (nSPS) is 14.0. The van der Waals surface area contributed by atoms with Crippen LogP contribution in [0.3, 0.4) is 0 Å². The summed E-state index contributed by atoms with van der Waals surface area (Å²) in [5.41, 5.74) is 0. The molecule has 0 aliphatic rings. The van der Waals surface area contributed by atoms with Gasteiger partial charge in [0.25, 0.3) is 0 Å². The maximum Gasteiger partial charge on any atom is 0.217 e. The van der Waals surface area contributed by atoms with Gasteiger partial charge >= 0.3 is 0 Å². The quantitative estimate of drug-likeness (QED) is 0.508. The van der Waals surface area contributed by atoms with E-state index in [0.717, 1.165) is 19.4 Å². The highest BCUT2D eigenvalue weighted by Crippen LogP contribution is 2.10. The van der Waals surface area contributed by atoms with E-state index in [2.05, 4.69) is 19.2 Å². The minimum atomic E-state index is 0.0200. The molecule has 2 atom stereocenters. The third-order valence-corrected chi connectivity index (χ3v) is 3.72. The highest BCUT2D eigenvalue weighted by atomic mass is 16.5. The van der Waals surface area contributed by atoms with Gasteiger partial charge in [0.1, 0.15) is 0 Å². The summed E-state index contributed by atoms with van der Waals surface area (Å²) < 4.78 is 5.88. The van der Waals surface area contributed by atoms with Crippen LogP contribution in [0, 0.1) is 0 Å². The summed E-state index contributed by atoms with van der Waals surface area (Å²) in [7, 11) is 0. The monoisotopic (exact) mass is 285 g/mol. The fourth-order valence-electron chi connectivity index (χ4n) is 2.50. The third kappa shape index (κ3) is 11.3. The van der Waals surface area contributed by atoms with Crippen molar-refractivity contribution in [1.82, 2.24) is 5.32 Å². The molecule has 0 aromatic heterocycles. The van der Waals surface area contributed by atoms with Gasteiger partial charge in [-0.3, -0.25) is 4.79 Å². The van der Waals surface area contributed by atoms with Gasteiger partial charge in [-0.25, -0.2) is 0 Å². The lowest BCUT2D eigenvalue weighted by atomic mass is 10.1. The molecule has 1 amide bonds. The van der Waals surface area contributed by atoms with Crippen LogP contribution in [0.4, 0.5) is 0 Å². The summed E-state index contributed by atoms with van der Waals surface area (Å²) in [4.78, 5) is 11.0. The zero-order chi connectivity index (χ0) is 15.2. The lowest BCUT2D eigenvalue weighted by molar-refractivity contribution is -0.120. The minimum absolute atomic E-state index is 0.0200.